The second-order valence-corrected chi connectivity index (χ2v) is 8.02. The van der Waals surface area contributed by atoms with Crippen molar-refractivity contribution in [2.24, 2.45) is 5.41 Å². The number of aromatic nitrogens is 1. The van der Waals surface area contributed by atoms with Gasteiger partial charge in [0.25, 0.3) is 5.91 Å². The fourth-order valence-corrected chi connectivity index (χ4v) is 3.79. The van der Waals surface area contributed by atoms with Crippen molar-refractivity contribution in [1.82, 2.24) is 9.88 Å². The quantitative estimate of drug-likeness (QED) is 0.901. The molecule has 1 aromatic carbocycles. The highest BCUT2D eigenvalue weighted by molar-refractivity contribution is 7.13. The van der Waals surface area contributed by atoms with Gasteiger partial charge >= 0.3 is 5.97 Å². The number of hydrogen-bond donors (Lipinski definition) is 1. The lowest BCUT2D eigenvalue weighted by Crippen LogP contribution is -2.35. The van der Waals surface area contributed by atoms with Gasteiger partial charge in [-0.1, -0.05) is 38.1 Å². The second kappa shape index (κ2) is 6.59. The fourth-order valence-electron chi connectivity index (χ4n) is 2.99. The van der Waals surface area contributed by atoms with E-state index in [1.807, 2.05) is 12.1 Å². The number of carboxylic acid groups (broad SMARTS) is 1. The molecule has 2 heterocycles. The number of thiazole rings is 1. The molecule has 1 N–H and O–H groups in total. The van der Waals surface area contributed by atoms with Crippen LogP contribution in [0.15, 0.2) is 29.6 Å². The van der Waals surface area contributed by atoms with Crippen LogP contribution in [-0.4, -0.2) is 40.0 Å². The van der Waals surface area contributed by atoms with Crippen molar-refractivity contribution in [3.63, 3.8) is 0 Å². The molecule has 25 heavy (non-hydrogen) atoms. The Morgan fingerprint density at radius 1 is 1.28 bits per heavy atom. The van der Waals surface area contributed by atoms with Crippen molar-refractivity contribution in [2.75, 3.05) is 13.1 Å². The molecule has 0 spiro atoms. The average Bonchev–Trinajstić information content (AvgIpc) is 3.22. The van der Waals surface area contributed by atoms with Crippen molar-refractivity contribution in [3.8, 4) is 10.6 Å². The summed E-state index contributed by atoms with van der Waals surface area (Å²) in [6.07, 6.45) is 0.474. The van der Waals surface area contributed by atoms with Crippen LogP contribution < -0.4 is 0 Å². The smallest absolute Gasteiger partial charge is 0.311 e. The summed E-state index contributed by atoms with van der Waals surface area (Å²) in [6, 6.07) is 8.23. The van der Waals surface area contributed by atoms with E-state index in [0.29, 0.717) is 24.6 Å². The summed E-state index contributed by atoms with van der Waals surface area (Å²) in [5.74, 6) is -0.570. The maximum Gasteiger partial charge on any atom is 0.311 e. The number of aliphatic carboxylic acids is 1. The molecule has 132 valence electrons. The van der Waals surface area contributed by atoms with Gasteiger partial charge in [0.2, 0.25) is 0 Å². The maximum atomic E-state index is 12.6. The van der Waals surface area contributed by atoms with Crippen molar-refractivity contribution >= 4 is 23.2 Å². The van der Waals surface area contributed by atoms with Crippen LogP contribution in [0.4, 0.5) is 0 Å². The van der Waals surface area contributed by atoms with Crippen LogP contribution in [0.5, 0.6) is 0 Å². The molecule has 1 saturated heterocycles. The predicted octanol–water partition coefficient (Wildman–Crippen LogP) is 3.87. The Kier molecular flexibility index (Phi) is 4.64. The van der Waals surface area contributed by atoms with Gasteiger partial charge in [-0.15, -0.1) is 11.3 Å². The first kappa shape index (κ1) is 17.6. The minimum atomic E-state index is -0.860. The summed E-state index contributed by atoms with van der Waals surface area (Å²) in [6.45, 7) is 6.67. The number of nitrogens with zero attached hydrogens (tertiary/aromatic N) is 2. The Hall–Kier alpha value is -2.21. The molecule has 0 saturated carbocycles. The van der Waals surface area contributed by atoms with E-state index in [9.17, 15) is 14.7 Å². The topological polar surface area (TPSA) is 70.5 Å². The molecule has 3 rings (SSSR count). The lowest BCUT2D eigenvalue weighted by atomic mass is 9.90. The number of carboxylic acids is 1. The molecule has 1 amide bonds. The minimum absolute atomic E-state index is 0.189. The van der Waals surface area contributed by atoms with Gasteiger partial charge in [0.1, 0.15) is 10.7 Å². The number of benzene rings is 1. The first-order valence-electron chi connectivity index (χ1n) is 8.39. The standard InChI is InChI=1S/C19H22N2O3S/c1-12(2)13-4-6-14(7-5-13)16-20-15(10-25-16)17(22)21-9-8-19(3,11-21)18(23)24/h4-7,10,12H,8-9,11H2,1-3H3,(H,23,24). The molecule has 1 atom stereocenters. The van der Waals surface area contributed by atoms with Gasteiger partial charge in [-0.05, 0) is 24.8 Å². The summed E-state index contributed by atoms with van der Waals surface area (Å²) in [5, 5.41) is 11.9. The molecule has 0 aliphatic carbocycles. The van der Waals surface area contributed by atoms with Crippen molar-refractivity contribution in [1.29, 1.82) is 0 Å². The largest absolute Gasteiger partial charge is 0.481 e. The van der Waals surface area contributed by atoms with Crippen LogP contribution in [0.1, 0.15) is 49.2 Å². The fraction of sp³-hybridized carbons (Fsp3) is 0.421. The molecule has 0 radical (unpaired) electrons. The maximum absolute atomic E-state index is 12.6. The van der Waals surface area contributed by atoms with Gasteiger partial charge < -0.3 is 10.0 Å². The van der Waals surface area contributed by atoms with Crippen molar-refractivity contribution < 1.29 is 14.7 Å². The Bertz CT molecular complexity index is 797. The molecule has 1 aliphatic heterocycles. The molecule has 1 unspecified atom stereocenters. The number of carbonyl (C=O) groups excluding carboxylic acids is 1. The first-order valence-corrected chi connectivity index (χ1v) is 9.27. The van der Waals surface area contributed by atoms with Gasteiger partial charge in [0, 0.05) is 24.0 Å². The Morgan fingerprint density at radius 3 is 2.52 bits per heavy atom. The van der Waals surface area contributed by atoms with E-state index in [4.69, 9.17) is 0 Å². The van der Waals surface area contributed by atoms with E-state index >= 15 is 0 Å². The average molecular weight is 358 g/mol. The third kappa shape index (κ3) is 3.44. The van der Waals surface area contributed by atoms with Gasteiger partial charge in [-0.3, -0.25) is 9.59 Å². The van der Waals surface area contributed by atoms with E-state index in [1.54, 1.807) is 17.2 Å². The number of hydrogen-bond acceptors (Lipinski definition) is 4. The predicted molar refractivity (Wildman–Crippen MR) is 97.9 cm³/mol. The van der Waals surface area contributed by atoms with Crippen molar-refractivity contribution in [3.05, 3.63) is 40.9 Å². The molecule has 0 bridgehead atoms. The van der Waals surface area contributed by atoms with Crippen LogP contribution in [0, 0.1) is 5.41 Å². The molecule has 2 aromatic rings. The van der Waals surface area contributed by atoms with Gasteiger partial charge in [0.05, 0.1) is 5.41 Å². The van der Waals surface area contributed by atoms with Crippen LogP contribution >= 0.6 is 11.3 Å². The van der Waals surface area contributed by atoms with Gasteiger partial charge in [-0.2, -0.15) is 0 Å². The lowest BCUT2D eigenvalue weighted by molar-refractivity contribution is -0.147. The van der Waals surface area contributed by atoms with E-state index in [0.717, 1.165) is 10.6 Å². The highest BCUT2D eigenvalue weighted by Crippen LogP contribution is 2.32. The zero-order valence-electron chi connectivity index (χ0n) is 14.7. The number of amides is 1. The number of likely N-dealkylation sites (tertiary alicyclic amines) is 1. The molecule has 1 fully saturated rings. The Labute approximate surface area is 151 Å². The van der Waals surface area contributed by atoms with E-state index in [1.165, 1.54) is 16.9 Å². The molecule has 1 aliphatic rings. The SMILES string of the molecule is CC(C)c1ccc(-c2nc(C(=O)N3CCC(C)(C(=O)O)C3)cs2)cc1. The summed E-state index contributed by atoms with van der Waals surface area (Å²) in [4.78, 5) is 30.0. The third-order valence-electron chi connectivity index (χ3n) is 4.82. The lowest BCUT2D eigenvalue weighted by Gasteiger charge is -2.19. The highest BCUT2D eigenvalue weighted by Gasteiger charge is 2.42. The summed E-state index contributed by atoms with van der Waals surface area (Å²) < 4.78 is 0. The van der Waals surface area contributed by atoms with E-state index < -0.39 is 11.4 Å². The van der Waals surface area contributed by atoms with Gasteiger partial charge in [0.15, 0.2) is 0 Å². The zero-order chi connectivity index (χ0) is 18.2. The summed E-state index contributed by atoms with van der Waals surface area (Å²) >= 11 is 1.44. The van der Waals surface area contributed by atoms with Crippen LogP contribution in [0.25, 0.3) is 10.6 Å². The molecule has 5 nitrogen and oxygen atoms in total. The molecule has 1 aromatic heterocycles. The third-order valence-corrected chi connectivity index (χ3v) is 5.72. The van der Waals surface area contributed by atoms with E-state index in [-0.39, 0.29) is 12.5 Å². The number of rotatable bonds is 4. The van der Waals surface area contributed by atoms with Crippen LogP contribution in [0.3, 0.4) is 0 Å². The van der Waals surface area contributed by atoms with Crippen molar-refractivity contribution in [2.45, 2.75) is 33.1 Å². The molecule has 6 heteroatoms. The first-order chi connectivity index (χ1) is 11.8. The Balaban J connectivity index is 1.75. The van der Waals surface area contributed by atoms with Gasteiger partial charge in [-0.25, -0.2) is 4.98 Å². The minimum Gasteiger partial charge on any atom is -0.481 e. The van der Waals surface area contributed by atoms with Crippen LogP contribution in [-0.2, 0) is 4.79 Å². The van der Waals surface area contributed by atoms with E-state index in [2.05, 4.69) is 31.0 Å². The summed E-state index contributed by atoms with van der Waals surface area (Å²) in [5.41, 5.74) is 1.79. The normalized spacial score (nSPS) is 20.2. The number of carbonyl (C=O) groups is 2. The summed E-state index contributed by atoms with van der Waals surface area (Å²) in [7, 11) is 0. The molecular weight excluding hydrogens is 336 g/mol. The van der Waals surface area contributed by atoms with Crippen LogP contribution in [0.2, 0.25) is 0 Å². The second-order valence-electron chi connectivity index (χ2n) is 7.16. The zero-order valence-corrected chi connectivity index (χ0v) is 15.5. The molecular formula is C19H22N2O3S. The monoisotopic (exact) mass is 358 g/mol. The Morgan fingerprint density at radius 2 is 1.96 bits per heavy atom. The highest BCUT2D eigenvalue weighted by atomic mass is 32.1.